The fourth-order valence-corrected chi connectivity index (χ4v) is 3.10. The summed E-state index contributed by atoms with van der Waals surface area (Å²) in [5.74, 6) is 0.291. The first-order valence-electron chi connectivity index (χ1n) is 7.62. The van der Waals surface area contributed by atoms with Crippen molar-refractivity contribution in [2.45, 2.75) is 25.9 Å². The summed E-state index contributed by atoms with van der Waals surface area (Å²) in [6.45, 7) is 4.55. The predicted molar refractivity (Wildman–Crippen MR) is 86.4 cm³/mol. The Balaban J connectivity index is 1.86. The van der Waals surface area contributed by atoms with Crippen molar-refractivity contribution < 1.29 is 19.7 Å². The third-order valence-electron chi connectivity index (χ3n) is 4.10. The topological polar surface area (TPSA) is 202 Å². The van der Waals surface area contributed by atoms with E-state index in [0.29, 0.717) is 13.1 Å². The van der Waals surface area contributed by atoms with Gasteiger partial charge >= 0.3 is 0 Å². The van der Waals surface area contributed by atoms with Gasteiger partial charge in [0.1, 0.15) is 0 Å². The Bertz CT molecular complexity index is 818. The molecule has 2 aromatic heterocycles. The summed E-state index contributed by atoms with van der Waals surface area (Å²) in [6.07, 6.45) is 0. The van der Waals surface area contributed by atoms with E-state index in [-0.39, 0.29) is 46.8 Å². The van der Waals surface area contributed by atoms with E-state index < -0.39 is 0 Å². The number of hydrogen-bond donors (Lipinski definition) is 4. The number of hydrogen-bond acceptors (Lipinski definition) is 12. The monoisotopic (exact) mass is 366 g/mol. The second-order valence-electron chi connectivity index (χ2n) is 5.85. The van der Waals surface area contributed by atoms with E-state index in [0.717, 1.165) is 0 Å². The summed E-state index contributed by atoms with van der Waals surface area (Å²) in [5.41, 5.74) is 11.7. The van der Waals surface area contributed by atoms with E-state index >= 15 is 0 Å². The molecule has 14 nitrogen and oxygen atoms in total. The number of rotatable bonds is 2. The second-order valence-corrected chi connectivity index (χ2v) is 5.85. The summed E-state index contributed by atoms with van der Waals surface area (Å²) in [5, 5.41) is 39.8. The van der Waals surface area contributed by atoms with E-state index in [4.69, 9.17) is 11.5 Å². The van der Waals surface area contributed by atoms with Gasteiger partial charge in [-0.25, -0.2) is 9.26 Å². The van der Waals surface area contributed by atoms with Crippen molar-refractivity contribution in [1.29, 1.82) is 0 Å². The van der Waals surface area contributed by atoms with Crippen molar-refractivity contribution in [3.05, 3.63) is 11.4 Å². The van der Waals surface area contributed by atoms with Crippen LogP contribution in [0.25, 0.3) is 0 Å². The molecule has 0 bridgehead atoms. The molecule has 140 valence electrons. The first kappa shape index (κ1) is 17.2. The molecule has 0 aliphatic carbocycles. The van der Waals surface area contributed by atoms with Crippen molar-refractivity contribution in [2.24, 2.45) is 10.3 Å². The van der Waals surface area contributed by atoms with Crippen LogP contribution in [0.4, 0.5) is 11.6 Å². The van der Waals surface area contributed by atoms with Crippen LogP contribution in [-0.2, 0) is 0 Å². The molecule has 1 aliphatic rings. The van der Waals surface area contributed by atoms with Crippen molar-refractivity contribution >= 4 is 23.3 Å². The summed E-state index contributed by atoms with van der Waals surface area (Å²) in [4.78, 5) is 3.58. The van der Waals surface area contributed by atoms with Crippen LogP contribution in [0.5, 0.6) is 0 Å². The van der Waals surface area contributed by atoms with Crippen LogP contribution >= 0.6 is 0 Å². The molecular formula is C12H18N10O4. The molecule has 3 heterocycles. The average molecular weight is 366 g/mol. The van der Waals surface area contributed by atoms with Crippen molar-refractivity contribution in [1.82, 2.24) is 30.4 Å². The van der Waals surface area contributed by atoms with Gasteiger partial charge in [0.25, 0.3) is 0 Å². The van der Waals surface area contributed by atoms with E-state index in [1.54, 1.807) is 4.90 Å². The predicted octanol–water partition coefficient (Wildman–Crippen LogP) is -1.02. The van der Waals surface area contributed by atoms with Gasteiger partial charge in [0, 0.05) is 25.2 Å². The van der Waals surface area contributed by atoms with E-state index in [9.17, 15) is 10.4 Å². The highest BCUT2D eigenvalue weighted by Crippen LogP contribution is 2.23. The number of nitrogen functional groups attached to an aromatic ring is 2. The molecule has 3 rings (SSSR count). The molecule has 2 atom stereocenters. The third kappa shape index (κ3) is 2.80. The number of aromatic nitrogens is 4. The first-order chi connectivity index (χ1) is 12.5. The number of anilines is 2. The van der Waals surface area contributed by atoms with Gasteiger partial charge < -0.3 is 31.7 Å². The highest BCUT2D eigenvalue weighted by atomic mass is 16.6. The third-order valence-corrected chi connectivity index (χ3v) is 4.10. The second kappa shape index (κ2) is 6.73. The zero-order valence-electron chi connectivity index (χ0n) is 14.0. The molecule has 0 aromatic carbocycles. The van der Waals surface area contributed by atoms with Crippen molar-refractivity contribution in [3.63, 3.8) is 0 Å². The Hall–Kier alpha value is -3.58. The molecular weight excluding hydrogens is 348 g/mol. The minimum absolute atomic E-state index is 0.0127. The van der Waals surface area contributed by atoms with E-state index in [1.165, 1.54) is 0 Å². The van der Waals surface area contributed by atoms with Gasteiger partial charge in [0.15, 0.2) is 23.0 Å². The summed E-state index contributed by atoms with van der Waals surface area (Å²) in [6, 6.07) is -0.392. The largest absolute Gasteiger partial charge is 0.409 e. The van der Waals surface area contributed by atoms with Crippen molar-refractivity contribution in [2.75, 3.05) is 24.6 Å². The summed E-state index contributed by atoms with van der Waals surface area (Å²) >= 11 is 0. The molecule has 0 radical (unpaired) electrons. The molecule has 0 amide bonds. The zero-order valence-corrected chi connectivity index (χ0v) is 14.0. The molecule has 0 spiro atoms. The maximum atomic E-state index is 9.47. The molecule has 2 unspecified atom stereocenters. The lowest BCUT2D eigenvalue weighted by Gasteiger charge is -2.45. The van der Waals surface area contributed by atoms with E-state index in [2.05, 4.69) is 40.2 Å². The Morgan fingerprint density at radius 3 is 1.77 bits per heavy atom. The van der Waals surface area contributed by atoms with Gasteiger partial charge in [-0.05, 0) is 34.5 Å². The normalized spacial score (nSPS) is 22.1. The molecule has 26 heavy (non-hydrogen) atoms. The van der Waals surface area contributed by atoms with Crippen LogP contribution in [0.2, 0.25) is 0 Å². The van der Waals surface area contributed by atoms with Gasteiger partial charge in [0.2, 0.25) is 11.7 Å². The number of piperazine rings is 1. The quantitative estimate of drug-likeness (QED) is 0.218. The number of amidine groups is 2. The maximum absolute atomic E-state index is 9.47. The molecule has 1 aliphatic heterocycles. The SMILES string of the molecule is CC1CN(/C(=N\O)c2nonc2N)CC(C)N1/C(=N/O)c1nonc1N. The highest BCUT2D eigenvalue weighted by Gasteiger charge is 2.37. The molecule has 1 fully saturated rings. The smallest absolute Gasteiger partial charge is 0.202 e. The van der Waals surface area contributed by atoms with E-state index in [1.807, 2.05) is 18.7 Å². The Labute approximate surface area is 146 Å². The van der Waals surface area contributed by atoms with Crippen LogP contribution in [0.15, 0.2) is 19.6 Å². The van der Waals surface area contributed by atoms with Gasteiger partial charge in [-0.2, -0.15) is 0 Å². The Morgan fingerprint density at radius 1 is 0.923 bits per heavy atom. The highest BCUT2D eigenvalue weighted by molar-refractivity contribution is 6.02. The fraction of sp³-hybridized carbons (Fsp3) is 0.500. The number of nitrogens with zero attached hydrogens (tertiary/aromatic N) is 8. The molecule has 0 saturated carbocycles. The van der Waals surface area contributed by atoms with Crippen LogP contribution < -0.4 is 11.5 Å². The zero-order chi connectivity index (χ0) is 18.8. The fourth-order valence-electron chi connectivity index (χ4n) is 3.10. The van der Waals surface area contributed by atoms with Crippen molar-refractivity contribution in [3.8, 4) is 0 Å². The van der Waals surface area contributed by atoms with Gasteiger partial charge in [-0.3, -0.25) is 0 Å². The standard InChI is InChI=1S/C12H18N10O4/c1-5-3-21(11(15-23)7-9(13)19-25-17-7)4-6(2)22(5)12(16-24)8-10(14)20-26-18-8/h5-6,23-24H,3-4H2,1-2H3,(H2,13,19)(H2,14,20)/b15-11-,16-12+. The van der Waals surface area contributed by atoms with Crippen LogP contribution in [-0.4, -0.2) is 77.7 Å². The minimum atomic E-state index is -0.196. The minimum Gasteiger partial charge on any atom is -0.409 e. The lowest BCUT2D eigenvalue weighted by Crippen LogP contribution is -2.60. The Kier molecular flexibility index (Phi) is 4.47. The van der Waals surface area contributed by atoms with Gasteiger partial charge in [-0.1, -0.05) is 10.3 Å². The average Bonchev–Trinajstić information content (AvgIpc) is 3.21. The van der Waals surface area contributed by atoms with Crippen LogP contribution in [0.1, 0.15) is 25.2 Å². The lowest BCUT2D eigenvalue weighted by atomic mass is 10.1. The number of oxime groups is 2. The molecule has 14 heteroatoms. The summed E-state index contributed by atoms with van der Waals surface area (Å²) in [7, 11) is 0. The molecule has 1 saturated heterocycles. The summed E-state index contributed by atoms with van der Waals surface area (Å²) < 4.78 is 9.15. The van der Waals surface area contributed by atoms with Gasteiger partial charge in [0.05, 0.1) is 0 Å². The first-order valence-corrected chi connectivity index (χ1v) is 7.62. The molecule has 6 N–H and O–H groups in total. The molecule has 2 aromatic rings. The number of nitrogens with two attached hydrogens (primary N) is 2. The maximum Gasteiger partial charge on any atom is 0.202 e. The van der Waals surface area contributed by atoms with Crippen LogP contribution in [0.3, 0.4) is 0 Å². The Morgan fingerprint density at radius 2 is 1.38 bits per heavy atom. The lowest BCUT2D eigenvalue weighted by molar-refractivity contribution is 0.132. The van der Waals surface area contributed by atoms with Gasteiger partial charge in [-0.15, -0.1) is 0 Å². The van der Waals surface area contributed by atoms with Crippen LogP contribution in [0, 0.1) is 0 Å².